The first-order chi connectivity index (χ1) is 7.93. The normalized spacial score (nSPS) is 14.8. The molecule has 4 heteroatoms. The Kier molecular flexibility index (Phi) is 5.37. The number of nitrogens with zero attached hydrogens (tertiary/aromatic N) is 2. The fourth-order valence-electron chi connectivity index (χ4n) is 1.43. The van der Waals surface area contributed by atoms with Crippen molar-refractivity contribution in [3.05, 3.63) is 17.6 Å². The summed E-state index contributed by atoms with van der Waals surface area (Å²) < 4.78 is 0. The monoisotopic (exact) mass is 299 g/mol. The van der Waals surface area contributed by atoms with Gasteiger partial charge in [0, 0.05) is 29.1 Å². The van der Waals surface area contributed by atoms with Gasteiger partial charge in [0.1, 0.15) is 11.6 Å². The molecule has 1 N–H and O–H groups in total. The maximum absolute atomic E-state index is 4.55. The predicted molar refractivity (Wildman–Crippen MR) is 76.9 cm³/mol. The Labute approximate surface area is 113 Å². The first kappa shape index (κ1) is 14.4. The molecule has 17 heavy (non-hydrogen) atoms. The summed E-state index contributed by atoms with van der Waals surface area (Å²) >= 11 is 3.51. The van der Waals surface area contributed by atoms with Crippen LogP contribution in [-0.2, 0) is 0 Å². The average molecular weight is 300 g/mol. The molecule has 0 aliphatic heterocycles. The van der Waals surface area contributed by atoms with Crippen LogP contribution in [0.3, 0.4) is 0 Å². The van der Waals surface area contributed by atoms with Gasteiger partial charge < -0.3 is 5.32 Å². The highest BCUT2D eigenvalue weighted by atomic mass is 79.9. The van der Waals surface area contributed by atoms with Gasteiger partial charge in [-0.1, -0.05) is 36.7 Å². The lowest BCUT2D eigenvalue weighted by Gasteiger charge is -2.20. The number of alkyl halides is 1. The number of rotatable bonds is 5. The zero-order valence-corrected chi connectivity index (χ0v) is 12.9. The van der Waals surface area contributed by atoms with Crippen LogP contribution in [0.1, 0.15) is 45.1 Å². The molecule has 0 aromatic carbocycles. The van der Waals surface area contributed by atoms with Crippen LogP contribution < -0.4 is 5.32 Å². The van der Waals surface area contributed by atoms with Crippen LogP contribution in [0, 0.1) is 12.8 Å². The zero-order chi connectivity index (χ0) is 13.0. The number of aromatic nitrogens is 2. The molecule has 0 saturated heterocycles. The molecule has 0 amide bonds. The van der Waals surface area contributed by atoms with Gasteiger partial charge >= 0.3 is 0 Å². The van der Waals surface area contributed by atoms with Crippen molar-refractivity contribution in [2.24, 2.45) is 5.92 Å². The smallest absolute Gasteiger partial charge is 0.133 e. The molecule has 1 aromatic rings. The Morgan fingerprint density at radius 1 is 1.24 bits per heavy atom. The maximum Gasteiger partial charge on any atom is 0.133 e. The molecule has 0 saturated carbocycles. The van der Waals surface area contributed by atoms with Gasteiger partial charge in [-0.15, -0.1) is 0 Å². The number of hydrogen-bond acceptors (Lipinski definition) is 3. The lowest BCUT2D eigenvalue weighted by Crippen LogP contribution is -2.25. The van der Waals surface area contributed by atoms with Crippen LogP contribution in [-0.4, -0.2) is 21.3 Å². The summed E-state index contributed by atoms with van der Waals surface area (Å²) in [5.74, 6) is 2.76. The van der Waals surface area contributed by atoms with E-state index in [9.17, 15) is 0 Å². The standard InChI is InChI=1S/C13H22BrN3/c1-8(2)13-15-10(4)6-12(17-13)16-11(5)9(3)7-14/h6,8-9,11H,7H2,1-5H3,(H,15,16,17). The van der Waals surface area contributed by atoms with Gasteiger partial charge in [0.2, 0.25) is 0 Å². The van der Waals surface area contributed by atoms with E-state index >= 15 is 0 Å². The van der Waals surface area contributed by atoms with Gasteiger partial charge in [-0.3, -0.25) is 0 Å². The SMILES string of the molecule is Cc1cc(NC(C)C(C)CBr)nc(C(C)C)n1. The average Bonchev–Trinajstić information content (AvgIpc) is 2.26. The van der Waals surface area contributed by atoms with Crippen molar-refractivity contribution in [3.8, 4) is 0 Å². The number of halogens is 1. The van der Waals surface area contributed by atoms with Gasteiger partial charge in [0.25, 0.3) is 0 Å². The number of anilines is 1. The van der Waals surface area contributed by atoms with Crippen LogP contribution in [0.2, 0.25) is 0 Å². The van der Waals surface area contributed by atoms with Crippen molar-refractivity contribution in [3.63, 3.8) is 0 Å². The van der Waals surface area contributed by atoms with E-state index in [1.54, 1.807) is 0 Å². The topological polar surface area (TPSA) is 37.8 Å². The number of nitrogens with one attached hydrogen (secondary N) is 1. The second-order valence-electron chi connectivity index (χ2n) is 4.97. The van der Waals surface area contributed by atoms with Crippen molar-refractivity contribution in [2.45, 2.75) is 46.6 Å². The van der Waals surface area contributed by atoms with Crippen molar-refractivity contribution in [1.29, 1.82) is 0 Å². The van der Waals surface area contributed by atoms with Crippen molar-refractivity contribution in [2.75, 3.05) is 10.6 Å². The molecule has 0 bridgehead atoms. The Morgan fingerprint density at radius 2 is 1.88 bits per heavy atom. The molecular formula is C13H22BrN3. The van der Waals surface area contributed by atoms with E-state index in [1.165, 1.54) is 0 Å². The quantitative estimate of drug-likeness (QED) is 0.842. The maximum atomic E-state index is 4.55. The molecule has 0 aliphatic rings. The Hall–Kier alpha value is -0.640. The van der Waals surface area contributed by atoms with E-state index in [1.807, 2.05) is 13.0 Å². The van der Waals surface area contributed by atoms with Crippen molar-refractivity contribution < 1.29 is 0 Å². The third-order valence-corrected chi connectivity index (χ3v) is 3.88. The van der Waals surface area contributed by atoms with E-state index in [0.29, 0.717) is 17.9 Å². The Balaban J connectivity index is 2.84. The fraction of sp³-hybridized carbons (Fsp3) is 0.692. The van der Waals surface area contributed by atoms with E-state index in [2.05, 4.69) is 58.9 Å². The van der Waals surface area contributed by atoms with Gasteiger partial charge in [-0.05, 0) is 19.8 Å². The van der Waals surface area contributed by atoms with Gasteiger partial charge in [0.05, 0.1) is 0 Å². The molecule has 2 atom stereocenters. The van der Waals surface area contributed by atoms with Crippen molar-refractivity contribution in [1.82, 2.24) is 9.97 Å². The molecule has 96 valence electrons. The summed E-state index contributed by atoms with van der Waals surface area (Å²) in [6.07, 6.45) is 0. The van der Waals surface area contributed by atoms with Gasteiger partial charge in [-0.2, -0.15) is 0 Å². The highest BCUT2D eigenvalue weighted by Gasteiger charge is 2.12. The summed E-state index contributed by atoms with van der Waals surface area (Å²) in [5.41, 5.74) is 1.02. The third-order valence-electron chi connectivity index (χ3n) is 2.86. The minimum absolute atomic E-state index is 0.361. The van der Waals surface area contributed by atoms with Crippen LogP contribution in [0.25, 0.3) is 0 Å². The zero-order valence-electron chi connectivity index (χ0n) is 11.3. The number of aryl methyl sites for hydroxylation is 1. The summed E-state index contributed by atoms with van der Waals surface area (Å²) in [7, 11) is 0. The summed E-state index contributed by atoms with van der Waals surface area (Å²) in [4.78, 5) is 9.00. The molecule has 1 heterocycles. The van der Waals surface area contributed by atoms with E-state index < -0.39 is 0 Å². The van der Waals surface area contributed by atoms with Gasteiger partial charge in [0.15, 0.2) is 0 Å². The molecule has 0 aliphatic carbocycles. The minimum atomic E-state index is 0.361. The van der Waals surface area contributed by atoms with Gasteiger partial charge in [-0.25, -0.2) is 9.97 Å². The molecular weight excluding hydrogens is 278 g/mol. The Bertz CT molecular complexity index is 366. The van der Waals surface area contributed by atoms with E-state index in [4.69, 9.17) is 0 Å². The minimum Gasteiger partial charge on any atom is -0.367 e. The van der Waals surface area contributed by atoms with Crippen LogP contribution in [0.4, 0.5) is 5.82 Å². The second-order valence-corrected chi connectivity index (χ2v) is 5.62. The van der Waals surface area contributed by atoms with Crippen LogP contribution in [0.15, 0.2) is 6.07 Å². The van der Waals surface area contributed by atoms with Crippen LogP contribution in [0.5, 0.6) is 0 Å². The molecule has 1 rings (SSSR count). The molecule has 2 unspecified atom stereocenters. The van der Waals surface area contributed by atoms with E-state index in [-0.39, 0.29) is 0 Å². The van der Waals surface area contributed by atoms with E-state index in [0.717, 1.165) is 22.7 Å². The van der Waals surface area contributed by atoms with Crippen LogP contribution >= 0.6 is 15.9 Å². The fourth-order valence-corrected chi connectivity index (χ4v) is 1.99. The largest absolute Gasteiger partial charge is 0.367 e. The lowest BCUT2D eigenvalue weighted by molar-refractivity contribution is 0.569. The Morgan fingerprint density at radius 3 is 2.41 bits per heavy atom. The lowest BCUT2D eigenvalue weighted by atomic mass is 10.1. The molecule has 1 aromatic heterocycles. The summed E-state index contributed by atoms with van der Waals surface area (Å²) in [6.45, 7) is 10.6. The first-order valence-electron chi connectivity index (χ1n) is 6.12. The molecule has 3 nitrogen and oxygen atoms in total. The first-order valence-corrected chi connectivity index (χ1v) is 7.24. The molecule has 0 spiro atoms. The van der Waals surface area contributed by atoms with Crippen molar-refractivity contribution >= 4 is 21.7 Å². The number of hydrogen-bond donors (Lipinski definition) is 1. The summed E-state index contributed by atoms with van der Waals surface area (Å²) in [6, 6.07) is 2.40. The highest BCUT2D eigenvalue weighted by molar-refractivity contribution is 9.09. The molecule has 0 radical (unpaired) electrons. The predicted octanol–water partition coefficient (Wildman–Crippen LogP) is 3.74. The third kappa shape index (κ3) is 4.26. The second kappa shape index (κ2) is 6.34. The highest BCUT2D eigenvalue weighted by Crippen LogP contribution is 2.16. The summed E-state index contributed by atoms with van der Waals surface area (Å²) in [5, 5.41) is 4.44. The molecule has 0 fully saturated rings.